The molecule has 4 nitrogen and oxygen atoms in total. The number of hydrogen-bond acceptors (Lipinski definition) is 3. The molecule has 3 heterocycles. The first kappa shape index (κ1) is 10.7. The molecule has 0 aliphatic carbocycles. The fraction of sp³-hybridized carbons (Fsp3) is 0.462. The maximum atomic E-state index is 5.99. The van der Waals surface area contributed by atoms with Crippen LogP contribution < -0.4 is 5.73 Å². The minimum atomic E-state index is 0.334. The minimum Gasteiger partial charge on any atom is -0.327 e. The number of rotatable bonds is 2. The summed E-state index contributed by atoms with van der Waals surface area (Å²) in [5.41, 5.74) is 8.13. The van der Waals surface area contributed by atoms with Crippen molar-refractivity contribution in [2.24, 2.45) is 5.73 Å². The van der Waals surface area contributed by atoms with E-state index >= 15 is 0 Å². The summed E-state index contributed by atoms with van der Waals surface area (Å²) >= 11 is 0. The van der Waals surface area contributed by atoms with E-state index in [-0.39, 0.29) is 0 Å². The van der Waals surface area contributed by atoms with Crippen molar-refractivity contribution >= 4 is 5.65 Å². The molecule has 0 spiro atoms. The highest BCUT2D eigenvalue weighted by atomic mass is 15.2. The van der Waals surface area contributed by atoms with Gasteiger partial charge < -0.3 is 10.1 Å². The number of imidazole rings is 1. The summed E-state index contributed by atoms with van der Waals surface area (Å²) in [5, 5.41) is 0. The van der Waals surface area contributed by atoms with Gasteiger partial charge in [0, 0.05) is 31.5 Å². The zero-order valence-electron chi connectivity index (χ0n) is 9.92. The maximum absolute atomic E-state index is 5.99. The zero-order chi connectivity index (χ0) is 11.7. The molecular formula is C13H18N4. The van der Waals surface area contributed by atoms with Gasteiger partial charge in [-0.05, 0) is 31.5 Å². The van der Waals surface area contributed by atoms with Gasteiger partial charge >= 0.3 is 0 Å². The first-order valence-corrected chi connectivity index (χ1v) is 6.22. The average Bonchev–Trinajstić information content (AvgIpc) is 2.71. The SMILES string of the molecule is NC1CCCN(Cc2cn3ccccc3n2)C1. The molecule has 1 atom stereocenters. The van der Waals surface area contributed by atoms with Crippen LogP contribution in [0.1, 0.15) is 18.5 Å². The van der Waals surface area contributed by atoms with E-state index in [0.717, 1.165) is 37.4 Å². The van der Waals surface area contributed by atoms with E-state index < -0.39 is 0 Å². The lowest BCUT2D eigenvalue weighted by Crippen LogP contribution is -2.42. The van der Waals surface area contributed by atoms with Crippen molar-refractivity contribution in [1.82, 2.24) is 14.3 Å². The lowest BCUT2D eigenvalue weighted by atomic mass is 10.1. The van der Waals surface area contributed by atoms with Gasteiger partial charge in [-0.15, -0.1) is 0 Å². The predicted octanol–water partition coefficient (Wildman–Crippen LogP) is 1.26. The summed E-state index contributed by atoms with van der Waals surface area (Å²) in [6.07, 6.45) is 6.50. The van der Waals surface area contributed by atoms with Crippen molar-refractivity contribution in [2.45, 2.75) is 25.4 Å². The second-order valence-electron chi connectivity index (χ2n) is 4.84. The predicted molar refractivity (Wildman–Crippen MR) is 67.7 cm³/mol. The van der Waals surface area contributed by atoms with Gasteiger partial charge in [-0.25, -0.2) is 4.98 Å². The quantitative estimate of drug-likeness (QED) is 0.844. The van der Waals surface area contributed by atoms with Crippen molar-refractivity contribution in [3.8, 4) is 0 Å². The first-order chi connectivity index (χ1) is 8.31. The molecule has 0 radical (unpaired) electrons. The van der Waals surface area contributed by atoms with Gasteiger partial charge in [0.05, 0.1) is 5.69 Å². The monoisotopic (exact) mass is 230 g/mol. The van der Waals surface area contributed by atoms with Crippen LogP contribution in [0.5, 0.6) is 0 Å². The van der Waals surface area contributed by atoms with Crippen molar-refractivity contribution in [3.05, 3.63) is 36.3 Å². The van der Waals surface area contributed by atoms with Gasteiger partial charge in [-0.3, -0.25) is 4.90 Å². The highest BCUT2D eigenvalue weighted by molar-refractivity contribution is 5.39. The molecule has 1 saturated heterocycles. The number of pyridine rings is 1. The Kier molecular flexibility index (Phi) is 2.82. The Labute approximate surface area is 101 Å². The third-order valence-electron chi connectivity index (χ3n) is 3.34. The van der Waals surface area contributed by atoms with Gasteiger partial charge in [-0.1, -0.05) is 6.07 Å². The van der Waals surface area contributed by atoms with Crippen LogP contribution in [0.2, 0.25) is 0 Å². The van der Waals surface area contributed by atoms with Crippen molar-refractivity contribution in [2.75, 3.05) is 13.1 Å². The standard InChI is InChI=1S/C13H18N4/c14-11-4-3-6-16(8-11)9-12-10-17-7-2-1-5-13(17)15-12/h1-2,5,7,10-11H,3-4,6,8-9,14H2. The number of nitrogens with two attached hydrogens (primary N) is 1. The molecule has 0 aromatic carbocycles. The van der Waals surface area contributed by atoms with Crippen LogP contribution in [0, 0.1) is 0 Å². The summed E-state index contributed by atoms with van der Waals surface area (Å²) in [4.78, 5) is 7.01. The van der Waals surface area contributed by atoms with Crippen molar-refractivity contribution in [1.29, 1.82) is 0 Å². The Bertz CT molecular complexity index is 472. The molecule has 0 bridgehead atoms. The van der Waals surface area contributed by atoms with Crippen LogP contribution in [0.15, 0.2) is 30.6 Å². The van der Waals surface area contributed by atoms with E-state index in [1.165, 1.54) is 6.42 Å². The number of likely N-dealkylation sites (tertiary alicyclic amines) is 1. The van der Waals surface area contributed by atoms with Crippen molar-refractivity contribution in [3.63, 3.8) is 0 Å². The van der Waals surface area contributed by atoms with Gasteiger partial charge in [-0.2, -0.15) is 0 Å². The Hall–Kier alpha value is -1.39. The van der Waals surface area contributed by atoms with E-state index in [0.29, 0.717) is 6.04 Å². The number of fused-ring (bicyclic) bond motifs is 1. The molecular weight excluding hydrogens is 212 g/mol. The maximum Gasteiger partial charge on any atom is 0.137 e. The lowest BCUT2D eigenvalue weighted by molar-refractivity contribution is 0.200. The molecule has 4 heteroatoms. The van der Waals surface area contributed by atoms with Crippen LogP contribution >= 0.6 is 0 Å². The zero-order valence-corrected chi connectivity index (χ0v) is 9.92. The normalized spacial score (nSPS) is 22.1. The van der Waals surface area contributed by atoms with Crippen LogP contribution in [0.3, 0.4) is 0 Å². The van der Waals surface area contributed by atoms with E-state index in [1.54, 1.807) is 0 Å². The van der Waals surface area contributed by atoms with E-state index in [9.17, 15) is 0 Å². The average molecular weight is 230 g/mol. The van der Waals surface area contributed by atoms with Crippen LogP contribution in [0.25, 0.3) is 5.65 Å². The molecule has 17 heavy (non-hydrogen) atoms. The highest BCUT2D eigenvalue weighted by Gasteiger charge is 2.17. The fourth-order valence-electron chi connectivity index (χ4n) is 2.53. The molecule has 1 fully saturated rings. The summed E-state index contributed by atoms with van der Waals surface area (Å²) in [6, 6.07) is 6.41. The fourth-order valence-corrected chi connectivity index (χ4v) is 2.53. The van der Waals surface area contributed by atoms with Crippen LogP contribution in [0.4, 0.5) is 0 Å². The smallest absolute Gasteiger partial charge is 0.137 e. The Morgan fingerprint density at radius 1 is 1.41 bits per heavy atom. The molecule has 90 valence electrons. The van der Waals surface area contributed by atoms with Crippen molar-refractivity contribution < 1.29 is 0 Å². The third kappa shape index (κ3) is 2.33. The Balaban J connectivity index is 1.75. The molecule has 2 aromatic rings. The number of hydrogen-bond donors (Lipinski definition) is 1. The summed E-state index contributed by atoms with van der Waals surface area (Å²) < 4.78 is 2.07. The Morgan fingerprint density at radius 2 is 2.35 bits per heavy atom. The molecule has 1 aliphatic rings. The molecule has 2 aromatic heterocycles. The summed E-state index contributed by atoms with van der Waals surface area (Å²) in [6.45, 7) is 3.05. The van der Waals surface area contributed by atoms with Gasteiger partial charge in [0.1, 0.15) is 5.65 Å². The first-order valence-electron chi connectivity index (χ1n) is 6.22. The van der Waals surface area contributed by atoms with E-state index in [1.807, 2.05) is 24.4 Å². The van der Waals surface area contributed by atoms with Gasteiger partial charge in [0.25, 0.3) is 0 Å². The van der Waals surface area contributed by atoms with Gasteiger partial charge in [0.15, 0.2) is 0 Å². The number of aromatic nitrogens is 2. The molecule has 1 unspecified atom stereocenters. The second-order valence-corrected chi connectivity index (χ2v) is 4.84. The summed E-state index contributed by atoms with van der Waals surface area (Å²) in [7, 11) is 0. The van der Waals surface area contributed by atoms with Crippen LogP contribution in [-0.2, 0) is 6.54 Å². The molecule has 0 saturated carbocycles. The lowest BCUT2D eigenvalue weighted by Gasteiger charge is -2.29. The topological polar surface area (TPSA) is 46.6 Å². The number of piperidine rings is 1. The van der Waals surface area contributed by atoms with E-state index in [2.05, 4.69) is 20.5 Å². The molecule has 3 rings (SSSR count). The van der Waals surface area contributed by atoms with E-state index in [4.69, 9.17) is 5.73 Å². The second kappa shape index (κ2) is 4.47. The molecule has 1 aliphatic heterocycles. The molecule has 0 amide bonds. The minimum absolute atomic E-state index is 0.334. The Morgan fingerprint density at radius 3 is 3.18 bits per heavy atom. The largest absolute Gasteiger partial charge is 0.327 e. The highest BCUT2D eigenvalue weighted by Crippen LogP contribution is 2.12. The van der Waals surface area contributed by atoms with Gasteiger partial charge in [0.2, 0.25) is 0 Å². The summed E-state index contributed by atoms with van der Waals surface area (Å²) in [5.74, 6) is 0. The number of nitrogens with zero attached hydrogens (tertiary/aromatic N) is 3. The third-order valence-corrected chi connectivity index (χ3v) is 3.34. The molecule has 2 N–H and O–H groups in total. The van der Waals surface area contributed by atoms with Crippen LogP contribution in [-0.4, -0.2) is 33.4 Å².